The van der Waals surface area contributed by atoms with E-state index >= 15 is 0 Å². The van der Waals surface area contributed by atoms with Crippen molar-refractivity contribution >= 4 is 23.4 Å². The highest BCUT2D eigenvalue weighted by atomic mass is 32.1. The number of aryl methyl sites for hydroxylation is 1. The maximum atomic E-state index is 11.9. The second-order valence-electron chi connectivity index (χ2n) is 7.12. The van der Waals surface area contributed by atoms with Crippen molar-refractivity contribution in [1.82, 2.24) is 10.3 Å². The number of rotatable bonds is 7. The quantitative estimate of drug-likeness (QED) is 0.697. The van der Waals surface area contributed by atoms with Crippen LogP contribution in [0.25, 0.3) is 10.4 Å². The van der Waals surface area contributed by atoms with Gasteiger partial charge in [-0.1, -0.05) is 12.1 Å². The summed E-state index contributed by atoms with van der Waals surface area (Å²) in [5.41, 5.74) is 3.90. The van der Waals surface area contributed by atoms with Gasteiger partial charge in [0.15, 0.2) is 0 Å². The number of hydrogen-bond acceptors (Lipinski definition) is 7. The molecular weight excluding hydrogens is 380 g/mol. The minimum atomic E-state index is -0.572. The zero-order valence-electron chi connectivity index (χ0n) is 16.8. The molecule has 0 aliphatic rings. The van der Waals surface area contributed by atoms with Gasteiger partial charge in [0.1, 0.15) is 11.4 Å². The van der Waals surface area contributed by atoms with Gasteiger partial charge in [0.05, 0.1) is 36.2 Å². The Kier molecular flexibility index (Phi) is 7.39. The van der Waals surface area contributed by atoms with E-state index in [-0.39, 0.29) is 25.5 Å². The Morgan fingerprint density at radius 1 is 1.25 bits per heavy atom. The first-order valence-electron chi connectivity index (χ1n) is 8.89. The summed E-state index contributed by atoms with van der Waals surface area (Å²) in [5.74, 6) is 0.244. The van der Waals surface area contributed by atoms with Crippen molar-refractivity contribution in [2.45, 2.75) is 46.3 Å². The summed E-state index contributed by atoms with van der Waals surface area (Å²) in [6, 6.07) is 5.74. The molecule has 1 aromatic carbocycles. The average Bonchev–Trinajstić information content (AvgIpc) is 3.04. The van der Waals surface area contributed by atoms with Gasteiger partial charge in [-0.05, 0) is 39.3 Å². The first-order chi connectivity index (χ1) is 13.2. The lowest BCUT2D eigenvalue weighted by molar-refractivity contribution is -0.141. The van der Waals surface area contributed by atoms with E-state index < -0.39 is 11.7 Å². The Morgan fingerprint density at radius 2 is 2.00 bits per heavy atom. The molecule has 0 saturated carbocycles. The number of ether oxygens (including phenoxy) is 3. The van der Waals surface area contributed by atoms with E-state index in [1.807, 2.05) is 25.1 Å². The van der Waals surface area contributed by atoms with Gasteiger partial charge in [-0.3, -0.25) is 4.79 Å². The fourth-order valence-electron chi connectivity index (χ4n) is 2.38. The van der Waals surface area contributed by atoms with E-state index in [1.165, 1.54) is 7.11 Å². The molecule has 0 spiro atoms. The number of nitrogens with one attached hydrogen (secondary N) is 1. The van der Waals surface area contributed by atoms with Gasteiger partial charge in [0.25, 0.3) is 0 Å². The van der Waals surface area contributed by atoms with Crippen molar-refractivity contribution in [1.29, 1.82) is 0 Å². The van der Waals surface area contributed by atoms with Crippen LogP contribution in [0, 0.1) is 6.92 Å². The van der Waals surface area contributed by atoms with E-state index in [1.54, 1.807) is 37.6 Å². The summed E-state index contributed by atoms with van der Waals surface area (Å²) in [6.07, 6.45) is -0.366. The first-order valence-corrected chi connectivity index (χ1v) is 9.77. The Morgan fingerprint density at radius 3 is 2.61 bits per heavy atom. The Labute approximate surface area is 169 Å². The van der Waals surface area contributed by atoms with Crippen molar-refractivity contribution in [3.05, 3.63) is 35.0 Å². The number of benzene rings is 1. The highest BCUT2D eigenvalue weighted by molar-refractivity contribution is 7.13. The number of hydrogen-bond donors (Lipinski definition) is 1. The monoisotopic (exact) mass is 406 g/mol. The summed E-state index contributed by atoms with van der Waals surface area (Å²) < 4.78 is 15.7. The predicted molar refractivity (Wildman–Crippen MR) is 107 cm³/mol. The summed E-state index contributed by atoms with van der Waals surface area (Å²) >= 11 is 1.54. The first kappa shape index (κ1) is 21.7. The third-order valence-electron chi connectivity index (χ3n) is 3.69. The molecule has 2 aromatic rings. The molecule has 0 aliphatic heterocycles. The third-order valence-corrected chi connectivity index (χ3v) is 4.67. The van der Waals surface area contributed by atoms with E-state index in [0.717, 1.165) is 21.7 Å². The number of carbonyl (C=O) groups excluding carboxylic acids is 2. The van der Waals surface area contributed by atoms with Gasteiger partial charge >= 0.3 is 12.1 Å². The highest BCUT2D eigenvalue weighted by Crippen LogP contribution is 2.32. The molecule has 7 nitrogen and oxygen atoms in total. The molecule has 0 aliphatic carbocycles. The van der Waals surface area contributed by atoms with Crippen molar-refractivity contribution in [3.63, 3.8) is 0 Å². The smallest absolute Gasteiger partial charge is 0.407 e. The number of carbonyl (C=O) groups is 2. The summed E-state index contributed by atoms with van der Waals surface area (Å²) in [4.78, 5) is 28.6. The molecule has 1 amide bonds. The normalized spacial score (nSPS) is 11.0. The van der Waals surface area contributed by atoms with Crippen LogP contribution in [-0.4, -0.2) is 36.4 Å². The fourth-order valence-corrected chi connectivity index (χ4v) is 3.19. The van der Waals surface area contributed by atoms with Gasteiger partial charge < -0.3 is 19.5 Å². The molecule has 0 bridgehead atoms. The summed E-state index contributed by atoms with van der Waals surface area (Å²) in [6.45, 7) is 7.78. The standard InChI is InChI=1S/C20H26N2O5S/c1-13-18(28-12-22-13)14-6-7-15(11-21-19(24)27-20(2,3)4)16(10-14)26-9-8-17(23)25-5/h6-7,10,12H,8-9,11H2,1-5H3,(H,21,24). The predicted octanol–water partition coefficient (Wildman–Crippen LogP) is 4.09. The third kappa shape index (κ3) is 6.53. The Balaban J connectivity index is 2.16. The van der Waals surface area contributed by atoms with Gasteiger partial charge in [-0.2, -0.15) is 0 Å². The van der Waals surface area contributed by atoms with Crippen LogP contribution >= 0.6 is 11.3 Å². The van der Waals surface area contributed by atoms with Gasteiger partial charge in [0, 0.05) is 12.1 Å². The minimum absolute atomic E-state index is 0.138. The van der Waals surface area contributed by atoms with Crippen LogP contribution in [0.3, 0.4) is 0 Å². The topological polar surface area (TPSA) is 86.8 Å². The van der Waals surface area contributed by atoms with Crippen molar-refractivity contribution in [2.75, 3.05) is 13.7 Å². The largest absolute Gasteiger partial charge is 0.493 e. The lowest BCUT2D eigenvalue weighted by Crippen LogP contribution is -2.32. The second kappa shape index (κ2) is 9.54. The van der Waals surface area contributed by atoms with Crippen molar-refractivity contribution in [3.8, 4) is 16.2 Å². The molecule has 8 heteroatoms. The fraction of sp³-hybridized carbons (Fsp3) is 0.450. The highest BCUT2D eigenvalue weighted by Gasteiger charge is 2.17. The van der Waals surface area contributed by atoms with Crippen LogP contribution in [0.4, 0.5) is 4.79 Å². The minimum Gasteiger partial charge on any atom is -0.493 e. The average molecular weight is 407 g/mol. The Hall–Kier alpha value is -2.61. The molecule has 0 unspecified atom stereocenters. The maximum Gasteiger partial charge on any atom is 0.407 e. The number of amides is 1. The van der Waals surface area contributed by atoms with E-state index in [2.05, 4.69) is 15.0 Å². The molecule has 1 aromatic heterocycles. The van der Waals surface area contributed by atoms with Crippen LogP contribution in [-0.2, 0) is 20.8 Å². The van der Waals surface area contributed by atoms with Gasteiger partial charge in [0.2, 0.25) is 0 Å². The zero-order valence-corrected chi connectivity index (χ0v) is 17.6. The van der Waals surface area contributed by atoms with Crippen LogP contribution in [0.15, 0.2) is 23.7 Å². The van der Waals surface area contributed by atoms with Crippen molar-refractivity contribution in [2.24, 2.45) is 0 Å². The Bertz CT molecular complexity index is 826. The molecular formula is C20H26N2O5S. The van der Waals surface area contributed by atoms with Crippen LogP contribution in [0.5, 0.6) is 5.75 Å². The molecule has 0 radical (unpaired) electrons. The second-order valence-corrected chi connectivity index (χ2v) is 7.97. The van der Waals surface area contributed by atoms with Crippen LogP contribution in [0.1, 0.15) is 38.4 Å². The lowest BCUT2D eigenvalue weighted by atomic mass is 10.1. The van der Waals surface area contributed by atoms with E-state index in [0.29, 0.717) is 5.75 Å². The van der Waals surface area contributed by atoms with Crippen LogP contribution < -0.4 is 10.1 Å². The molecule has 0 saturated heterocycles. The maximum absolute atomic E-state index is 11.9. The van der Waals surface area contributed by atoms with E-state index in [9.17, 15) is 9.59 Å². The molecule has 2 rings (SSSR count). The zero-order chi connectivity index (χ0) is 20.7. The number of esters is 1. The lowest BCUT2D eigenvalue weighted by Gasteiger charge is -2.20. The molecule has 152 valence electrons. The number of alkyl carbamates (subject to hydrolysis) is 1. The molecule has 1 heterocycles. The SMILES string of the molecule is COC(=O)CCOc1cc(-c2scnc2C)ccc1CNC(=O)OC(C)(C)C. The summed E-state index contributed by atoms with van der Waals surface area (Å²) in [7, 11) is 1.34. The van der Waals surface area contributed by atoms with Gasteiger partial charge in [-0.15, -0.1) is 11.3 Å². The van der Waals surface area contributed by atoms with Gasteiger partial charge in [-0.25, -0.2) is 9.78 Å². The van der Waals surface area contributed by atoms with Crippen LogP contribution in [0.2, 0.25) is 0 Å². The summed E-state index contributed by atoms with van der Waals surface area (Å²) in [5, 5.41) is 2.73. The molecule has 0 atom stereocenters. The van der Waals surface area contributed by atoms with E-state index in [4.69, 9.17) is 9.47 Å². The molecule has 28 heavy (non-hydrogen) atoms. The molecule has 1 N–H and O–H groups in total. The number of methoxy groups -OCH3 is 1. The number of nitrogens with zero attached hydrogens (tertiary/aromatic N) is 1. The molecule has 0 fully saturated rings. The number of thiazole rings is 1. The van der Waals surface area contributed by atoms with Crippen molar-refractivity contribution < 1.29 is 23.8 Å². The number of aromatic nitrogens is 1.